The second-order valence-electron chi connectivity index (χ2n) is 7.64. The lowest BCUT2D eigenvalue weighted by atomic mass is 9.67. The molecule has 0 bridgehead atoms. The van der Waals surface area contributed by atoms with Gasteiger partial charge in [0.1, 0.15) is 0 Å². The van der Waals surface area contributed by atoms with E-state index in [0.29, 0.717) is 13.0 Å². The summed E-state index contributed by atoms with van der Waals surface area (Å²) in [6.07, 6.45) is 3.29. The Morgan fingerprint density at radius 3 is 2.54 bits per heavy atom. The van der Waals surface area contributed by atoms with Gasteiger partial charge in [0.05, 0.1) is 18.9 Å². The smallest absolute Gasteiger partial charge is 0.230 e. The fraction of sp³-hybridized carbons (Fsp3) is 0.619. The Hall–Kier alpha value is -1.88. The maximum absolute atomic E-state index is 12.9. The summed E-state index contributed by atoms with van der Waals surface area (Å²) in [6.45, 7) is 5.69. The Morgan fingerprint density at radius 2 is 1.92 bits per heavy atom. The van der Waals surface area contributed by atoms with Crippen molar-refractivity contribution in [2.45, 2.75) is 38.5 Å². The van der Waals surface area contributed by atoms with Crippen molar-refractivity contribution >= 4 is 11.8 Å². The van der Waals surface area contributed by atoms with Crippen LogP contribution in [-0.4, -0.2) is 61.5 Å². The molecule has 2 fully saturated rings. The second-order valence-corrected chi connectivity index (χ2v) is 7.64. The first-order valence-electron chi connectivity index (χ1n) is 9.69. The van der Waals surface area contributed by atoms with E-state index in [4.69, 9.17) is 4.74 Å². The molecule has 2 amide bonds. The van der Waals surface area contributed by atoms with Gasteiger partial charge in [-0.25, -0.2) is 0 Å². The van der Waals surface area contributed by atoms with Gasteiger partial charge in [-0.3, -0.25) is 9.59 Å². The third-order valence-electron chi connectivity index (χ3n) is 6.05. The average Bonchev–Trinajstić information content (AvgIpc) is 2.69. The number of amides is 2. The average molecular weight is 358 g/mol. The second kappa shape index (κ2) is 8.21. The fourth-order valence-electron chi connectivity index (χ4n) is 4.44. The lowest BCUT2D eigenvalue weighted by molar-refractivity contribution is -0.144. The molecule has 0 aliphatic carbocycles. The van der Waals surface area contributed by atoms with Gasteiger partial charge >= 0.3 is 0 Å². The number of methoxy groups -OCH3 is 1. The standard InChI is InChI=1S/C21H30N2O3/c1-3-22-16-21(10-12-23(13-11-21)19(24)9-14-26-2)15-18(20(22)25)17-7-5-4-6-8-17/h4-8,18H,3,9-16H2,1-2H3/t18-/m1/s1. The Kier molecular flexibility index (Phi) is 5.97. The highest BCUT2D eigenvalue weighted by Crippen LogP contribution is 2.45. The van der Waals surface area contributed by atoms with E-state index in [1.54, 1.807) is 7.11 Å². The van der Waals surface area contributed by atoms with Crippen LogP contribution in [0.2, 0.25) is 0 Å². The molecule has 0 radical (unpaired) electrons. The van der Waals surface area contributed by atoms with Crippen molar-refractivity contribution in [3.8, 4) is 0 Å². The molecule has 5 heteroatoms. The van der Waals surface area contributed by atoms with Crippen LogP contribution < -0.4 is 0 Å². The van der Waals surface area contributed by atoms with Gasteiger partial charge in [-0.1, -0.05) is 30.3 Å². The number of hydrogen-bond donors (Lipinski definition) is 0. The van der Waals surface area contributed by atoms with E-state index in [1.807, 2.05) is 28.0 Å². The molecule has 0 N–H and O–H groups in total. The van der Waals surface area contributed by atoms with E-state index in [0.717, 1.165) is 51.0 Å². The normalized spacial score (nSPS) is 22.7. The molecule has 2 heterocycles. The highest BCUT2D eigenvalue weighted by molar-refractivity contribution is 5.85. The molecule has 0 unspecified atom stereocenters. The lowest BCUT2D eigenvalue weighted by Crippen LogP contribution is -2.54. The molecular weight excluding hydrogens is 328 g/mol. The van der Waals surface area contributed by atoms with E-state index in [-0.39, 0.29) is 23.1 Å². The van der Waals surface area contributed by atoms with Crippen LogP contribution in [-0.2, 0) is 14.3 Å². The molecule has 0 aromatic heterocycles. The first-order valence-corrected chi connectivity index (χ1v) is 9.69. The molecule has 1 atom stereocenters. The third-order valence-corrected chi connectivity index (χ3v) is 6.05. The molecular formula is C21H30N2O3. The fourth-order valence-corrected chi connectivity index (χ4v) is 4.44. The van der Waals surface area contributed by atoms with Crippen LogP contribution in [0.15, 0.2) is 30.3 Å². The number of nitrogens with zero attached hydrogens (tertiary/aromatic N) is 2. The van der Waals surface area contributed by atoms with Gasteiger partial charge in [0.25, 0.3) is 0 Å². The van der Waals surface area contributed by atoms with Crippen LogP contribution in [0.3, 0.4) is 0 Å². The first kappa shape index (κ1) is 18.9. The summed E-state index contributed by atoms with van der Waals surface area (Å²) in [5.41, 5.74) is 1.25. The van der Waals surface area contributed by atoms with Gasteiger partial charge in [-0.2, -0.15) is 0 Å². The third kappa shape index (κ3) is 3.93. The summed E-state index contributed by atoms with van der Waals surface area (Å²) in [4.78, 5) is 29.2. The summed E-state index contributed by atoms with van der Waals surface area (Å²) in [5, 5.41) is 0. The first-order chi connectivity index (χ1) is 12.6. The van der Waals surface area contributed by atoms with E-state index in [1.165, 1.54) is 0 Å². The van der Waals surface area contributed by atoms with E-state index < -0.39 is 0 Å². The molecule has 3 rings (SSSR count). The number of rotatable bonds is 5. The minimum Gasteiger partial charge on any atom is -0.384 e. The summed E-state index contributed by atoms with van der Waals surface area (Å²) in [5.74, 6) is 0.379. The molecule has 2 aliphatic heterocycles. The van der Waals surface area contributed by atoms with Crippen LogP contribution in [0.25, 0.3) is 0 Å². The van der Waals surface area contributed by atoms with Gasteiger partial charge < -0.3 is 14.5 Å². The number of benzene rings is 1. The monoisotopic (exact) mass is 358 g/mol. The predicted molar refractivity (Wildman–Crippen MR) is 101 cm³/mol. The van der Waals surface area contributed by atoms with Gasteiger partial charge in [0.2, 0.25) is 11.8 Å². The van der Waals surface area contributed by atoms with Crippen molar-refractivity contribution in [2.24, 2.45) is 5.41 Å². The van der Waals surface area contributed by atoms with Gasteiger partial charge in [-0.05, 0) is 37.2 Å². The molecule has 1 aromatic carbocycles. The number of likely N-dealkylation sites (tertiary alicyclic amines) is 2. The minimum atomic E-state index is -0.0550. The van der Waals surface area contributed by atoms with Crippen molar-refractivity contribution in [2.75, 3.05) is 39.9 Å². The molecule has 5 nitrogen and oxygen atoms in total. The van der Waals surface area contributed by atoms with Crippen molar-refractivity contribution < 1.29 is 14.3 Å². The van der Waals surface area contributed by atoms with Crippen LogP contribution in [0.1, 0.15) is 44.1 Å². The molecule has 142 valence electrons. The molecule has 1 spiro atoms. The molecule has 0 saturated carbocycles. The minimum absolute atomic E-state index is 0.0550. The largest absolute Gasteiger partial charge is 0.384 e. The number of hydrogen-bond acceptors (Lipinski definition) is 3. The number of carbonyl (C=O) groups excluding carboxylic acids is 2. The summed E-state index contributed by atoms with van der Waals surface area (Å²) in [6, 6.07) is 10.2. The van der Waals surface area contributed by atoms with Crippen LogP contribution in [0.4, 0.5) is 0 Å². The highest BCUT2D eigenvalue weighted by Gasteiger charge is 2.46. The zero-order valence-corrected chi connectivity index (χ0v) is 15.9. The van der Waals surface area contributed by atoms with Crippen molar-refractivity contribution in [3.63, 3.8) is 0 Å². The SMILES string of the molecule is CCN1CC2(CCN(C(=O)CCOC)CC2)C[C@H](c2ccccc2)C1=O. The number of piperidine rings is 2. The Labute approximate surface area is 156 Å². The number of carbonyl (C=O) groups is 2. The Morgan fingerprint density at radius 1 is 1.23 bits per heavy atom. The molecule has 2 aliphatic rings. The molecule has 26 heavy (non-hydrogen) atoms. The number of likely N-dealkylation sites (N-methyl/N-ethyl adjacent to an activating group) is 1. The topological polar surface area (TPSA) is 49.9 Å². The van der Waals surface area contributed by atoms with E-state index in [9.17, 15) is 9.59 Å². The van der Waals surface area contributed by atoms with E-state index in [2.05, 4.69) is 19.1 Å². The van der Waals surface area contributed by atoms with Crippen LogP contribution >= 0.6 is 0 Å². The molecule has 2 saturated heterocycles. The maximum atomic E-state index is 12.9. The van der Waals surface area contributed by atoms with Crippen LogP contribution in [0, 0.1) is 5.41 Å². The van der Waals surface area contributed by atoms with E-state index >= 15 is 0 Å². The van der Waals surface area contributed by atoms with Crippen molar-refractivity contribution in [3.05, 3.63) is 35.9 Å². The summed E-state index contributed by atoms with van der Waals surface area (Å²) >= 11 is 0. The van der Waals surface area contributed by atoms with Crippen molar-refractivity contribution in [1.29, 1.82) is 0 Å². The zero-order chi connectivity index (χ0) is 18.6. The summed E-state index contributed by atoms with van der Waals surface area (Å²) in [7, 11) is 1.63. The zero-order valence-electron chi connectivity index (χ0n) is 15.9. The molecule has 1 aromatic rings. The van der Waals surface area contributed by atoms with Crippen LogP contribution in [0.5, 0.6) is 0 Å². The quantitative estimate of drug-likeness (QED) is 0.813. The predicted octanol–water partition coefficient (Wildman–Crippen LogP) is 2.67. The Bertz CT molecular complexity index is 623. The Balaban J connectivity index is 1.72. The highest BCUT2D eigenvalue weighted by atomic mass is 16.5. The number of ether oxygens (including phenoxy) is 1. The summed E-state index contributed by atoms with van der Waals surface area (Å²) < 4.78 is 5.02. The van der Waals surface area contributed by atoms with Gasteiger partial charge in [0.15, 0.2) is 0 Å². The van der Waals surface area contributed by atoms with Gasteiger partial charge in [-0.15, -0.1) is 0 Å². The van der Waals surface area contributed by atoms with Crippen molar-refractivity contribution in [1.82, 2.24) is 9.80 Å². The lowest BCUT2D eigenvalue weighted by Gasteiger charge is -2.49. The maximum Gasteiger partial charge on any atom is 0.230 e. The van der Waals surface area contributed by atoms with Gasteiger partial charge in [0, 0.05) is 33.3 Å².